The standard InChI is InChI=1S/C24H28N4O3/c1-27(15-19-11-6-7-13-21(19)30-2)24(29)20-12-8-14-28(16-20)17-22-25-23(26-31-22)18-9-4-3-5-10-18/h3-7,9-11,13,20H,8,12,14-17H2,1-2H3. The molecule has 0 aliphatic carbocycles. The summed E-state index contributed by atoms with van der Waals surface area (Å²) < 4.78 is 10.9. The number of likely N-dealkylation sites (tertiary alicyclic amines) is 1. The van der Waals surface area contributed by atoms with Crippen molar-refractivity contribution in [3.8, 4) is 17.1 Å². The summed E-state index contributed by atoms with van der Waals surface area (Å²) in [6.07, 6.45) is 1.86. The zero-order valence-corrected chi connectivity index (χ0v) is 18.0. The van der Waals surface area contributed by atoms with Gasteiger partial charge < -0.3 is 14.2 Å². The average molecular weight is 421 g/mol. The molecule has 2 heterocycles. The van der Waals surface area contributed by atoms with Crippen LogP contribution in [0.15, 0.2) is 59.1 Å². The molecule has 0 radical (unpaired) electrons. The second kappa shape index (κ2) is 9.75. The zero-order chi connectivity index (χ0) is 21.6. The summed E-state index contributed by atoms with van der Waals surface area (Å²) in [6, 6.07) is 17.6. The Morgan fingerprint density at radius 2 is 1.97 bits per heavy atom. The van der Waals surface area contributed by atoms with E-state index in [0.717, 1.165) is 36.3 Å². The van der Waals surface area contributed by atoms with Gasteiger partial charge in [-0.3, -0.25) is 9.69 Å². The van der Waals surface area contributed by atoms with Crippen molar-refractivity contribution in [3.63, 3.8) is 0 Å². The van der Waals surface area contributed by atoms with Gasteiger partial charge in [-0.25, -0.2) is 0 Å². The number of carbonyl (C=O) groups is 1. The van der Waals surface area contributed by atoms with Crippen molar-refractivity contribution >= 4 is 5.91 Å². The Morgan fingerprint density at radius 1 is 1.19 bits per heavy atom. The summed E-state index contributed by atoms with van der Waals surface area (Å²) in [5, 5.41) is 4.10. The highest BCUT2D eigenvalue weighted by Crippen LogP contribution is 2.24. The lowest BCUT2D eigenvalue weighted by atomic mass is 9.96. The van der Waals surface area contributed by atoms with E-state index in [2.05, 4.69) is 15.0 Å². The summed E-state index contributed by atoms with van der Waals surface area (Å²) in [5.41, 5.74) is 1.94. The van der Waals surface area contributed by atoms with E-state index < -0.39 is 0 Å². The molecule has 1 aliphatic rings. The first kappa shape index (κ1) is 21.1. The smallest absolute Gasteiger partial charge is 0.241 e. The molecule has 162 valence electrons. The fourth-order valence-corrected chi connectivity index (χ4v) is 4.09. The monoisotopic (exact) mass is 420 g/mol. The summed E-state index contributed by atoms with van der Waals surface area (Å²) >= 11 is 0. The average Bonchev–Trinajstić information content (AvgIpc) is 3.28. The fourth-order valence-electron chi connectivity index (χ4n) is 4.09. The minimum Gasteiger partial charge on any atom is -0.496 e. The van der Waals surface area contributed by atoms with Crippen LogP contribution in [0.4, 0.5) is 0 Å². The first-order valence-electron chi connectivity index (χ1n) is 10.6. The lowest BCUT2D eigenvalue weighted by Gasteiger charge is -2.33. The van der Waals surface area contributed by atoms with Crippen molar-refractivity contribution in [2.45, 2.75) is 25.9 Å². The van der Waals surface area contributed by atoms with Crippen LogP contribution in [0.2, 0.25) is 0 Å². The Balaban J connectivity index is 1.36. The molecular weight excluding hydrogens is 392 g/mol. The minimum atomic E-state index is -0.0371. The molecule has 1 amide bonds. The molecule has 1 atom stereocenters. The van der Waals surface area contributed by atoms with Gasteiger partial charge in [0.05, 0.1) is 19.6 Å². The Hall–Kier alpha value is -3.19. The van der Waals surface area contributed by atoms with E-state index >= 15 is 0 Å². The lowest BCUT2D eigenvalue weighted by molar-refractivity contribution is -0.136. The van der Waals surface area contributed by atoms with Gasteiger partial charge in [0.15, 0.2) is 0 Å². The van der Waals surface area contributed by atoms with Crippen molar-refractivity contribution in [3.05, 3.63) is 66.1 Å². The van der Waals surface area contributed by atoms with E-state index in [0.29, 0.717) is 31.3 Å². The summed E-state index contributed by atoms with van der Waals surface area (Å²) in [5.74, 6) is 2.10. The third-order valence-electron chi connectivity index (χ3n) is 5.69. The van der Waals surface area contributed by atoms with E-state index in [4.69, 9.17) is 9.26 Å². The largest absolute Gasteiger partial charge is 0.496 e. The number of methoxy groups -OCH3 is 1. The Labute approximate surface area is 182 Å². The number of hydrogen-bond donors (Lipinski definition) is 0. The third-order valence-corrected chi connectivity index (χ3v) is 5.69. The van der Waals surface area contributed by atoms with Gasteiger partial charge in [-0.1, -0.05) is 53.7 Å². The summed E-state index contributed by atoms with van der Waals surface area (Å²) in [6.45, 7) is 2.70. The van der Waals surface area contributed by atoms with E-state index in [-0.39, 0.29) is 11.8 Å². The number of rotatable bonds is 7. The quantitative estimate of drug-likeness (QED) is 0.581. The van der Waals surface area contributed by atoms with Crippen LogP contribution >= 0.6 is 0 Å². The normalized spacial score (nSPS) is 16.8. The van der Waals surface area contributed by atoms with Crippen molar-refractivity contribution < 1.29 is 14.1 Å². The van der Waals surface area contributed by atoms with Crippen LogP contribution in [0.5, 0.6) is 5.75 Å². The highest BCUT2D eigenvalue weighted by Gasteiger charge is 2.29. The van der Waals surface area contributed by atoms with Crippen LogP contribution in [-0.4, -0.2) is 53.1 Å². The zero-order valence-electron chi connectivity index (χ0n) is 18.0. The van der Waals surface area contributed by atoms with Crippen molar-refractivity contribution in [2.24, 2.45) is 5.92 Å². The fraction of sp³-hybridized carbons (Fsp3) is 0.375. The maximum Gasteiger partial charge on any atom is 0.241 e. The molecule has 1 aliphatic heterocycles. The van der Waals surface area contributed by atoms with Gasteiger partial charge in [0.1, 0.15) is 5.75 Å². The van der Waals surface area contributed by atoms with E-state index in [1.54, 1.807) is 12.0 Å². The second-order valence-corrected chi connectivity index (χ2v) is 7.96. The van der Waals surface area contributed by atoms with Crippen LogP contribution in [0.25, 0.3) is 11.4 Å². The Bertz CT molecular complexity index is 1000. The molecule has 3 aromatic rings. The number of amides is 1. The van der Waals surface area contributed by atoms with Crippen LogP contribution in [0, 0.1) is 5.92 Å². The Kier molecular flexibility index (Phi) is 6.62. The van der Waals surface area contributed by atoms with Gasteiger partial charge in [0.2, 0.25) is 17.6 Å². The highest BCUT2D eigenvalue weighted by atomic mass is 16.5. The number of benzene rings is 2. The first-order valence-corrected chi connectivity index (χ1v) is 10.6. The molecule has 0 N–H and O–H groups in total. The minimum absolute atomic E-state index is 0.0371. The van der Waals surface area contributed by atoms with Crippen LogP contribution in [-0.2, 0) is 17.9 Å². The number of hydrogen-bond acceptors (Lipinski definition) is 6. The van der Waals surface area contributed by atoms with Gasteiger partial charge in [-0.15, -0.1) is 0 Å². The number of para-hydroxylation sites is 1. The molecule has 1 saturated heterocycles. The maximum atomic E-state index is 13.1. The molecule has 0 spiro atoms. The Morgan fingerprint density at radius 3 is 2.77 bits per heavy atom. The van der Waals surface area contributed by atoms with Gasteiger partial charge >= 0.3 is 0 Å². The third kappa shape index (κ3) is 5.11. The number of carbonyl (C=O) groups excluding carboxylic acids is 1. The van der Waals surface area contributed by atoms with Gasteiger partial charge in [-0.05, 0) is 25.5 Å². The molecule has 1 fully saturated rings. The summed E-state index contributed by atoms with van der Waals surface area (Å²) in [7, 11) is 3.51. The lowest BCUT2D eigenvalue weighted by Crippen LogP contribution is -2.43. The molecule has 0 bridgehead atoms. The number of piperidine rings is 1. The molecular formula is C24H28N4O3. The van der Waals surface area contributed by atoms with Crippen molar-refractivity contribution in [1.82, 2.24) is 19.9 Å². The second-order valence-electron chi connectivity index (χ2n) is 7.96. The molecule has 1 unspecified atom stereocenters. The van der Waals surface area contributed by atoms with Crippen molar-refractivity contribution in [1.29, 1.82) is 0 Å². The van der Waals surface area contributed by atoms with Gasteiger partial charge in [0, 0.05) is 31.3 Å². The van der Waals surface area contributed by atoms with Gasteiger partial charge in [-0.2, -0.15) is 4.98 Å². The number of aromatic nitrogens is 2. The molecule has 31 heavy (non-hydrogen) atoms. The summed E-state index contributed by atoms with van der Waals surface area (Å²) in [4.78, 5) is 21.6. The van der Waals surface area contributed by atoms with Crippen LogP contribution in [0.1, 0.15) is 24.3 Å². The van der Waals surface area contributed by atoms with E-state index in [1.165, 1.54) is 0 Å². The first-order chi connectivity index (χ1) is 15.1. The molecule has 4 rings (SSSR count). The maximum absolute atomic E-state index is 13.1. The van der Waals surface area contributed by atoms with E-state index in [1.807, 2.05) is 61.6 Å². The topological polar surface area (TPSA) is 71.7 Å². The van der Waals surface area contributed by atoms with Crippen molar-refractivity contribution in [2.75, 3.05) is 27.2 Å². The molecule has 2 aromatic carbocycles. The van der Waals surface area contributed by atoms with Crippen LogP contribution < -0.4 is 4.74 Å². The molecule has 7 nitrogen and oxygen atoms in total. The predicted octanol–water partition coefficient (Wildman–Crippen LogP) is 3.62. The highest BCUT2D eigenvalue weighted by molar-refractivity contribution is 5.79. The molecule has 1 aromatic heterocycles. The number of ether oxygens (including phenoxy) is 1. The SMILES string of the molecule is COc1ccccc1CN(C)C(=O)C1CCCN(Cc2nc(-c3ccccc3)no2)C1. The van der Waals surface area contributed by atoms with E-state index in [9.17, 15) is 4.79 Å². The van der Waals surface area contributed by atoms with Crippen LogP contribution in [0.3, 0.4) is 0 Å². The molecule has 0 saturated carbocycles. The predicted molar refractivity (Wildman–Crippen MR) is 117 cm³/mol. The molecule has 7 heteroatoms. The number of nitrogens with zero attached hydrogens (tertiary/aromatic N) is 4. The van der Waals surface area contributed by atoms with Gasteiger partial charge in [0.25, 0.3) is 0 Å².